The summed E-state index contributed by atoms with van der Waals surface area (Å²) in [4.78, 5) is 33.1. The van der Waals surface area contributed by atoms with Crippen LogP contribution in [0.1, 0.15) is 15.6 Å². The summed E-state index contributed by atoms with van der Waals surface area (Å²) in [6.45, 7) is 6.28. The van der Waals surface area contributed by atoms with Gasteiger partial charge in [0, 0.05) is 31.1 Å². The fourth-order valence-corrected chi connectivity index (χ4v) is 3.50. The first-order valence-electron chi connectivity index (χ1n) is 7.05. The predicted molar refractivity (Wildman–Crippen MR) is 82.1 cm³/mol. The molecular formula is C14H22N4O2S. The average molecular weight is 310 g/mol. The normalized spacial score (nSPS) is 20.3. The topological polar surface area (TPSA) is 79.5 Å². The van der Waals surface area contributed by atoms with Crippen molar-refractivity contribution in [3.8, 4) is 0 Å². The van der Waals surface area contributed by atoms with Crippen LogP contribution in [0.15, 0.2) is 0 Å². The molecule has 2 heterocycles. The molecule has 1 aromatic rings. The van der Waals surface area contributed by atoms with E-state index in [9.17, 15) is 9.59 Å². The van der Waals surface area contributed by atoms with Gasteiger partial charge in [-0.1, -0.05) is 0 Å². The molecule has 1 aliphatic heterocycles. The molecule has 2 rings (SSSR count). The third-order valence-corrected chi connectivity index (χ3v) is 4.86. The Hall–Kier alpha value is -1.47. The molecule has 0 aliphatic carbocycles. The van der Waals surface area contributed by atoms with Crippen molar-refractivity contribution in [2.24, 2.45) is 11.7 Å². The molecule has 116 valence electrons. The quantitative estimate of drug-likeness (QED) is 0.863. The van der Waals surface area contributed by atoms with Gasteiger partial charge in [0.1, 0.15) is 0 Å². The second-order valence-electron chi connectivity index (χ2n) is 5.62. The van der Waals surface area contributed by atoms with E-state index >= 15 is 0 Å². The number of nitrogens with two attached hydrogens (primary N) is 1. The SMILES string of the molecule is Cc1nc(C)c(CC(=O)N2CCN(C)CC(C(N)=O)C2)s1. The zero-order chi connectivity index (χ0) is 15.6. The molecule has 0 aromatic carbocycles. The maximum absolute atomic E-state index is 12.5. The molecule has 6 nitrogen and oxygen atoms in total. The summed E-state index contributed by atoms with van der Waals surface area (Å²) in [5.41, 5.74) is 6.35. The maximum atomic E-state index is 12.5. The smallest absolute Gasteiger partial charge is 0.227 e. The van der Waals surface area contributed by atoms with Crippen LogP contribution in [0.2, 0.25) is 0 Å². The number of carbonyl (C=O) groups is 2. The predicted octanol–water partition coefficient (Wildman–Crippen LogP) is 0.178. The van der Waals surface area contributed by atoms with Crippen LogP contribution in [-0.2, 0) is 16.0 Å². The van der Waals surface area contributed by atoms with E-state index in [0.29, 0.717) is 26.1 Å². The number of hydrogen-bond acceptors (Lipinski definition) is 5. The van der Waals surface area contributed by atoms with Crippen LogP contribution in [0, 0.1) is 19.8 Å². The monoisotopic (exact) mass is 310 g/mol. The lowest BCUT2D eigenvalue weighted by Crippen LogP contribution is -2.40. The molecule has 0 bridgehead atoms. The molecule has 0 spiro atoms. The molecule has 2 N–H and O–H groups in total. The van der Waals surface area contributed by atoms with Crippen molar-refractivity contribution < 1.29 is 9.59 Å². The lowest BCUT2D eigenvalue weighted by atomic mass is 10.1. The Labute approximate surface area is 128 Å². The van der Waals surface area contributed by atoms with E-state index in [1.807, 2.05) is 25.8 Å². The number of thiazole rings is 1. The number of aryl methyl sites for hydroxylation is 2. The first-order chi connectivity index (χ1) is 9.86. The summed E-state index contributed by atoms with van der Waals surface area (Å²) in [7, 11) is 1.95. The Bertz CT molecular complexity index is 543. The van der Waals surface area contributed by atoms with Crippen molar-refractivity contribution in [3.05, 3.63) is 15.6 Å². The van der Waals surface area contributed by atoms with Crippen LogP contribution in [0.25, 0.3) is 0 Å². The highest BCUT2D eigenvalue weighted by molar-refractivity contribution is 7.11. The van der Waals surface area contributed by atoms with Gasteiger partial charge in [-0.05, 0) is 20.9 Å². The summed E-state index contributed by atoms with van der Waals surface area (Å²) in [5.74, 6) is -0.597. The Morgan fingerprint density at radius 3 is 2.62 bits per heavy atom. The number of amides is 2. The van der Waals surface area contributed by atoms with Crippen LogP contribution in [0.3, 0.4) is 0 Å². The van der Waals surface area contributed by atoms with Gasteiger partial charge >= 0.3 is 0 Å². The summed E-state index contributed by atoms with van der Waals surface area (Å²) < 4.78 is 0. The lowest BCUT2D eigenvalue weighted by molar-refractivity contribution is -0.131. The van der Waals surface area contributed by atoms with Crippen LogP contribution >= 0.6 is 11.3 Å². The summed E-state index contributed by atoms with van der Waals surface area (Å²) in [6.07, 6.45) is 0.354. The van der Waals surface area contributed by atoms with Crippen molar-refractivity contribution in [2.75, 3.05) is 33.2 Å². The first kappa shape index (κ1) is 15.9. The summed E-state index contributed by atoms with van der Waals surface area (Å²) >= 11 is 1.56. The second kappa shape index (κ2) is 6.53. The van der Waals surface area contributed by atoms with E-state index < -0.39 is 0 Å². The molecule has 1 saturated heterocycles. The van der Waals surface area contributed by atoms with E-state index in [2.05, 4.69) is 4.98 Å². The van der Waals surface area contributed by atoms with Crippen LogP contribution in [0.4, 0.5) is 0 Å². The third-order valence-electron chi connectivity index (χ3n) is 3.79. The van der Waals surface area contributed by atoms with Gasteiger partial charge in [0.2, 0.25) is 11.8 Å². The molecule has 0 saturated carbocycles. The second-order valence-corrected chi connectivity index (χ2v) is 6.91. The minimum Gasteiger partial charge on any atom is -0.369 e. The largest absolute Gasteiger partial charge is 0.369 e. The molecule has 2 amide bonds. The number of primary amides is 1. The number of nitrogens with zero attached hydrogens (tertiary/aromatic N) is 3. The molecule has 21 heavy (non-hydrogen) atoms. The van der Waals surface area contributed by atoms with Gasteiger partial charge in [-0.3, -0.25) is 9.59 Å². The number of likely N-dealkylation sites (N-methyl/N-ethyl adjacent to an activating group) is 1. The highest BCUT2D eigenvalue weighted by Gasteiger charge is 2.27. The fourth-order valence-electron chi connectivity index (χ4n) is 2.57. The number of rotatable bonds is 3. The highest BCUT2D eigenvalue weighted by atomic mass is 32.1. The van der Waals surface area contributed by atoms with Gasteiger partial charge in [0.05, 0.1) is 23.0 Å². The van der Waals surface area contributed by atoms with E-state index in [-0.39, 0.29) is 17.7 Å². The molecule has 7 heteroatoms. The molecule has 1 aromatic heterocycles. The zero-order valence-electron chi connectivity index (χ0n) is 12.8. The Balaban J connectivity index is 2.06. The number of hydrogen-bond donors (Lipinski definition) is 1. The third kappa shape index (κ3) is 4.01. The van der Waals surface area contributed by atoms with Crippen LogP contribution < -0.4 is 5.73 Å². The lowest BCUT2D eigenvalue weighted by Gasteiger charge is -2.22. The Morgan fingerprint density at radius 2 is 2.05 bits per heavy atom. The van der Waals surface area contributed by atoms with Crippen molar-refractivity contribution in [2.45, 2.75) is 20.3 Å². The highest BCUT2D eigenvalue weighted by Crippen LogP contribution is 2.19. The van der Waals surface area contributed by atoms with Gasteiger partial charge in [-0.2, -0.15) is 0 Å². The Morgan fingerprint density at radius 1 is 1.33 bits per heavy atom. The molecule has 1 unspecified atom stereocenters. The zero-order valence-corrected chi connectivity index (χ0v) is 13.6. The van der Waals surface area contributed by atoms with Crippen molar-refractivity contribution >= 4 is 23.2 Å². The van der Waals surface area contributed by atoms with Gasteiger partial charge in [-0.25, -0.2) is 4.98 Å². The van der Waals surface area contributed by atoms with Crippen LogP contribution in [-0.4, -0.2) is 59.8 Å². The van der Waals surface area contributed by atoms with E-state index in [1.54, 1.807) is 16.2 Å². The molecule has 0 radical (unpaired) electrons. The van der Waals surface area contributed by atoms with Crippen molar-refractivity contribution in [1.82, 2.24) is 14.8 Å². The van der Waals surface area contributed by atoms with Gasteiger partial charge < -0.3 is 15.5 Å². The number of aromatic nitrogens is 1. The van der Waals surface area contributed by atoms with Gasteiger partial charge in [0.15, 0.2) is 0 Å². The summed E-state index contributed by atoms with van der Waals surface area (Å²) in [6, 6.07) is 0. The van der Waals surface area contributed by atoms with E-state index in [4.69, 9.17) is 5.73 Å². The molecule has 1 aliphatic rings. The van der Waals surface area contributed by atoms with Crippen molar-refractivity contribution in [3.63, 3.8) is 0 Å². The maximum Gasteiger partial charge on any atom is 0.227 e. The first-order valence-corrected chi connectivity index (χ1v) is 7.87. The minimum absolute atomic E-state index is 0.0447. The van der Waals surface area contributed by atoms with Crippen molar-refractivity contribution in [1.29, 1.82) is 0 Å². The van der Waals surface area contributed by atoms with Gasteiger partial charge in [0.25, 0.3) is 0 Å². The fraction of sp³-hybridized carbons (Fsp3) is 0.643. The average Bonchev–Trinajstić information content (AvgIpc) is 2.61. The molecule has 1 atom stereocenters. The summed E-state index contributed by atoms with van der Waals surface area (Å²) in [5, 5.41) is 0.973. The molecular weight excluding hydrogens is 288 g/mol. The number of carbonyl (C=O) groups excluding carboxylic acids is 2. The van der Waals surface area contributed by atoms with Gasteiger partial charge in [-0.15, -0.1) is 11.3 Å². The molecule has 1 fully saturated rings. The Kier molecular flexibility index (Phi) is 4.95. The standard InChI is InChI=1S/C14H22N4O2S/c1-9-12(21-10(2)16-9)6-13(19)18-5-4-17(3)7-11(8-18)14(15)20/h11H,4-8H2,1-3H3,(H2,15,20). The van der Waals surface area contributed by atoms with E-state index in [0.717, 1.165) is 22.1 Å². The van der Waals surface area contributed by atoms with Crippen LogP contribution in [0.5, 0.6) is 0 Å². The minimum atomic E-state index is -0.341. The van der Waals surface area contributed by atoms with E-state index in [1.165, 1.54) is 0 Å².